The number of methoxy groups -OCH3 is 1. The van der Waals surface area contributed by atoms with E-state index < -0.39 is 23.8 Å². The van der Waals surface area contributed by atoms with Gasteiger partial charge in [-0.2, -0.15) is 13.2 Å². The smallest absolute Gasteiger partial charge is 0.416 e. The van der Waals surface area contributed by atoms with Gasteiger partial charge in [0.2, 0.25) is 0 Å². The molecular weight excluding hydrogens is 283 g/mol. The second-order valence-corrected chi connectivity index (χ2v) is 4.43. The molecule has 106 valence electrons. The molecule has 1 rings (SSSR count). The maximum atomic E-state index is 12.6. The van der Waals surface area contributed by atoms with Crippen molar-refractivity contribution < 1.29 is 22.7 Å². The molecule has 0 bridgehead atoms. The second kappa shape index (κ2) is 6.14. The molecule has 0 fully saturated rings. The zero-order valence-electron chi connectivity index (χ0n) is 10.3. The molecule has 0 aliphatic carbocycles. The van der Waals surface area contributed by atoms with Crippen molar-refractivity contribution in [3.8, 4) is 0 Å². The van der Waals surface area contributed by atoms with Gasteiger partial charge in [-0.15, -0.1) is 0 Å². The van der Waals surface area contributed by atoms with Gasteiger partial charge in [-0.3, -0.25) is 4.79 Å². The Balaban J connectivity index is 2.85. The summed E-state index contributed by atoms with van der Waals surface area (Å²) in [4.78, 5) is 11.0. The van der Waals surface area contributed by atoms with Crippen LogP contribution >= 0.6 is 11.6 Å². The minimum absolute atomic E-state index is 0.0308. The van der Waals surface area contributed by atoms with E-state index in [0.717, 1.165) is 18.2 Å². The molecule has 0 radical (unpaired) electrons. The SMILES string of the molecule is COC(=O)CC(C)Nc1cc(C(F)(F)F)ccc1Cl. The molecule has 0 heterocycles. The fourth-order valence-electron chi connectivity index (χ4n) is 1.46. The molecule has 1 unspecified atom stereocenters. The number of carbonyl (C=O) groups excluding carboxylic acids is 1. The highest BCUT2D eigenvalue weighted by Gasteiger charge is 2.31. The standard InChI is InChI=1S/C12H13ClF3NO2/c1-7(5-11(18)19-2)17-10-6-8(12(14,15)16)3-4-9(10)13/h3-4,6-7,17H,5H2,1-2H3. The van der Waals surface area contributed by atoms with Gasteiger partial charge in [-0.1, -0.05) is 11.6 Å². The van der Waals surface area contributed by atoms with Crippen LogP contribution in [-0.2, 0) is 15.7 Å². The van der Waals surface area contributed by atoms with Crippen molar-refractivity contribution in [2.24, 2.45) is 0 Å². The van der Waals surface area contributed by atoms with Crippen LogP contribution in [0.1, 0.15) is 18.9 Å². The molecule has 0 saturated carbocycles. The molecule has 1 aromatic carbocycles. The van der Waals surface area contributed by atoms with Gasteiger partial charge in [0.15, 0.2) is 0 Å². The molecule has 1 N–H and O–H groups in total. The minimum Gasteiger partial charge on any atom is -0.469 e. The van der Waals surface area contributed by atoms with Gasteiger partial charge in [0.05, 0.1) is 29.8 Å². The van der Waals surface area contributed by atoms with Gasteiger partial charge in [-0.25, -0.2) is 0 Å². The highest BCUT2D eigenvalue weighted by Crippen LogP contribution is 2.34. The van der Waals surface area contributed by atoms with E-state index in [0.29, 0.717) is 0 Å². The maximum Gasteiger partial charge on any atom is 0.416 e. The van der Waals surface area contributed by atoms with Crippen molar-refractivity contribution >= 4 is 23.3 Å². The van der Waals surface area contributed by atoms with Crippen molar-refractivity contribution in [1.82, 2.24) is 0 Å². The zero-order valence-corrected chi connectivity index (χ0v) is 11.1. The zero-order chi connectivity index (χ0) is 14.6. The lowest BCUT2D eigenvalue weighted by molar-refractivity contribution is -0.141. The first-order chi connectivity index (χ1) is 8.74. The van der Waals surface area contributed by atoms with Gasteiger partial charge in [0, 0.05) is 6.04 Å². The molecule has 7 heteroatoms. The summed E-state index contributed by atoms with van der Waals surface area (Å²) in [5.41, 5.74) is -0.669. The lowest BCUT2D eigenvalue weighted by Gasteiger charge is -2.17. The van der Waals surface area contributed by atoms with E-state index in [-0.39, 0.29) is 17.1 Å². The van der Waals surface area contributed by atoms with Gasteiger partial charge >= 0.3 is 12.1 Å². The third-order valence-electron chi connectivity index (χ3n) is 2.40. The van der Waals surface area contributed by atoms with E-state index >= 15 is 0 Å². The Morgan fingerprint density at radius 3 is 2.63 bits per heavy atom. The highest BCUT2D eigenvalue weighted by atomic mass is 35.5. The summed E-state index contributed by atoms with van der Waals surface area (Å²) in [6, 6.07) is 2.58. The summed E-state index contributed by atoms with van der Waals surface area (Å²) in [5.74, 6) is -0.455. The molecule has 0 aromatic heterocycles. The lowest BCUT2D eigenvalue weighted by Crippen LogP contribution is -2.20. The maximum absolute atomic E-state index is 12.6. The van der Waals surface area contributed by atoms with Crippen molar-refractivity contribution in [1.29, 1.82) is 0 Å². The monoisotopic (exact) mass is 295 g/mol. The number of ether oxygens (including phenoxy) is 1. The Labute approximate surface area is 113 Å². The van der Waals surface area contributed by atoms with Gasteiger partial charge in [-0.05, 0) is 25.1 Å². The first kappa shape index (κ1) is 15.6. The molecular formula is C12H13ClF3NO2. The number of rotatable bonds is 4. The van der Waals surface area contributed by atoms with E-state index in [2.05, 4.69) is 10.1 Å². The van der Waals surface area contributed by atoms with Crippen molar-refractivity contribution in [2.45, 2.75) is 25.6 Å². The molecule has 0 saturated heterocycles. The Bertz CT molecular complexity index is 463. The highest BCUT2D eigenvalue weighted by molar-refractivity contribution is 6.33. The van der Waals surface area contributed by atoms with E-state index in [4.69, 9.17) is 11.6 Å². The first-order valence-corrected chi connectivity index (χ1v) is 5.82. The van der Waals surface area contributed by atoms with Crippen molar-refractivity contribution in [2.75, 3.05) is 12.4 Å². The van der Waals surface area contributed by atoms with E-state index in [1.807, 2.05) is 0 Å². The van der Waals surface area contributed by atoms with Crippen molar-refractivity contribution in [3.63, 3.8) is 0 Å². The second-order valence-electron chi connectivity index (χ2n) is 4.02. The number of halogens is 4. The van der Waals surface area contributed by atoms with Gasteiger partial charge in [0.25, 0.3) is 0 Å². The fourth-order valence-corrected chi connectivity index (χ4v) is 1.63. The molecule has 1 atom stereocenters. The molecule has 1 aromatic rings. The number of alkyl halides is 3. The summed E-state index contributed by atoms with van der Waals surface area (Å²) in [7, 11) is 1.24. The van der Waals surface area contributed by atoms with Gasteiger partial charge in [0.1, 0.15) is 0 Å². The Kier molecular flexibility index (Phi) is 5.05. The number of anilines is 1. The largest absolute Gasteiger partial charge is 0.469 e. The molecule has 3 nitrogen and oxygen atoms in total. The summed E-state index contributed by atoms with van der Waals surface area (Å²) >= 11 is 5.81. The van der Waals surface area contributed by atoms with Crippen molar-refractivity contribution in [3.05, 3.63) is 28.8 Å². The van der Waals surface area contributed by atoms with Crippen LogP contribution in [0.2, 0.25) is 5.02 Å². The number of esters is 1. The number of benzene rings is 1. The van der Waals surface area contributed by atoms with Crippen LogP contribution < -0.4 is 5.32 Å². The summed E-state index contributed by atoms with van der Waals surface area (Å²) in [6.07, 6.45) is -4.41. The van der Waals surface area contributed by atoms with Crippen LogP contribution in [0.25, 0.3) is 0 Å². The fraction of sp³-hybridized carbons (Fsp3) is 0.417. The summed E-state index contributed by atoms with van der Waals surface area (Å²) in [6.45, 7) is 1.65. The van der Waals surface area contributed by atoms with Crippen LogP contribution in [0.5, 0.6) is 0 Å². The predicted octanol–water partition coefficient (Wildman–Crippen LogP) is 3.72. The number of hydrogen-bond acceptors (Lipinski definition) is 3. The minimum atomic E-state index is -4.44. The van der Waals surface area contributed by atoms with E-state index in [9.17, 15) is 18.0 Å². The van der Waals surface area contributed by atoms with Crippen LogP contribution in [0.4, 0.5) is 18.9 Å². The number of carbonyl (C=O) groups is 1. The Hall–Kier alpha value is -1.43. The van der Waals surface area contributed by atoms with Crippen LogP contribution in [-0.4, -0.2) is 19.1 Å². The topological polar surface area (TPSA) is 38.3 Å². The van der Waals surface area contributed by atoms with Crippen LogP contribution in [0.15, 0.2) is 18.2 Å². The van der Waals surface area contributed by atoms with Crippen LogP contribution in [0, 0.1) is 0 Å². The normalized spacial score (nSPS) is 12.9. The van der Waals surface area contributed by atoms with E-state index in [1.54, 1.807) is 6.92 Å². The number of nitrogens with one attached hydrogen (secondary N) is 1. The molecule has 0 amide bonds. The summed E-state index contributed by atoms with van der Waals surface area (Å²) in [5, 5.41) is 2.91. The first-order valence-electron chi connectivity index (χ1n) is 5.44. The Morgan fingerprint density at radius 2 is 2.11 bits per heavy atom. The average Bonchev–Trinajstić information content (AvgIpc) is 2.30. The summed E-state index contributed by atoms with van der Waals surface area (Å²) < 4.78 is 42.1. The molecule has 0 spiro atoms. The molecule has 0 aliphatic heterocycles. The van der Waals surface area contributed by atoms with Gasteiger partial charge < -0.3 is 10.1 Å². The number of hydrogen-bond donors (Lipinski definition) is 1. The molecule has 0 aliphatic rings. The quantitative estimate of drug-likeness (QED) is 0.860. The molecule has 19 heavy (non-hydrogen) atoms. The predicted molar refractivity (Wildman–Crippen MR) is 66.2 cm³/mol. The lowest BCUT2D eigenvalue weighted by atomic mass is 10.1. The van der Waals surface area contributed by atoms with E-state index in [1.165, 1.54) is 7.11 Å². The third-order valence-corrected chi connectivity index (χ3v) is 2.73. The van der Waals surface area contributed by atoms with Crippen LogP contribution in [0.3, 0.4) is 0 Å². The Morgan fingerprint density at radius 1 is 1.47 bits per heavy atom. The third kappa shape index (κ3) is 4.63. The average molecular weight is 296 g/mol.